The molecule has 3 nitrogen and oxygen atoms in total. The lowest BCUT2D eigenvalue weighted by Crippen LogP contribution is -2.39. The Hall–Kier alpha value is -0.800. The highest BCUT2D eigenvalue weighted by molar-refractivity contribution is 6.29. The molecule has 0 unspecified atom stereocenters. The van der Waals surface area contributed by atoms with Crippen LogP contribution in [0.5, 0.6) is 0 Å². The number of nitrogens with one attached hydrogen (secondary N) is 1. The Kier molecular flexibility index (Phi) is 4.84. The van der Waals surface area contributed by atoms with Gasteiger partial charge in [0, 0.05) is 19.1 Å². The molecule has 1 fully saturated rings. The summed E-state index contributed by atoms with van der Waals surface area (Å²) in [6.07, 6.45) is 3.67. The Balaban J connectivity index is 1.87. The lowest BCUT2D eigenvalue weighted by atomic mass is 10.0. The SMILES string of the molecule is CCCN1CCC(Nc2ccc(Cl)nc2C)CC1. The standard InChI is InChI=1S/C14H22ClN3/c1-3-8-18-9-6-12(7-10-18)17-13-4-5-14(15)16-11(13)2/h4-5,12,17H,3,6-10H2,1-2H3. The Morgan fingerprint density at radius 3 is 2.72 bits per heavy atom. The van der Waals surface area contributed by atoms with Crippen molar-refractivity contribution in [1.82, 2.24) is 9.88 Å². The van der Waals surface area contributed by atoms with E-state index >= 15 is 0 Å². The molecule has 0 spiro atoms. The molecule has 0 radical (unpaired) electrons. The fraction of sp³-hybridized carbons (Fsp3) is 0.643. The smallest absolute Gasteiger partial charge is 0.129 e. The molecule has 0 aromatic carbocycles. The van der Waals surface area contributed by atoms with Crippen LogP contribution >= 0.6 is 11.6 Å². The molecule has 1 aromatic rings. The second-order valence-electron chi connectivity index (χ2n) is 5.03. The second-order valence-corrected chi connectivity index (χ2v) is 5.41. The zero-order valence-electron chi connectivity index (χ0n) is 11.2. The normalized spacial score (nSPS) is 17.9. The molecule has 0 aliphatic carbocycles. The van der Waals surface area contributed by atoms with Crippen molar-refractivity contribution in [3.8, 4) is 0 Å². The van der Waals surface area contributed by atoms with Crippen LogP contribution in [0.4, 0.5) is 5.69 Å². The summed E-state index contributed by atoms with van der Waals surface area (Å²) in [7, 11) is 0. The molecular weight excluding hydrogens is 246 g/mol. The van der Waals surface area contributed by atoms with Crippen LogP contribution in [0.2, 0.25) is 5.15 Å². The number of pyridine rings is 1. The van der Waals surface area contributed by atoms with E-state index in [1.807, 2.05) is 19.1 Å². The van der Waals surface area contributed by atoms with Crippen LogP contribution in [0.1, 0.15) is 31.9 Å². The highest BCUT2D eigenvalue weighted by Gasteiger charge is 2.18. The Morgan fingerprint density at radius 2 is 2.11 bits per heavy atom. The summed E-state index contributed by atoms with van der Waals surface area (Å²) in [6.45, 7) is 7.87. The van der Waals surface area contributed by atoms with Crippen LogP contribution in [0.15, 0.2) is 12.1 Å². The molecule has 0 saturated carbocycles. The fourth-order valence-corrected chi connectivity index (χ4v) is 2.71. The predicted molar refractivity (Wildman–Crippen MR) is 77.4 cm³/mol. The zero-order valence-corrected chi connectivity index (χ0v) is 12.0. The van der Waals surface area contributed by atoms with Crippen molar-refractivity contribution in [2.24, 2.45) is 0 Å². The van der Waals surface area contributed by atoms with Crippen molar-refractivity contribution in [1.29, 1.82) is 0 Å². The maximum atomic E-state index is 5.87. The molecule has 0 amide bonds. The number of anilines is 1. The number of hydrogen-bond acceptors (Lipinski definition) is 3. The van der Waals surface area contributed by atoms with Crippen LogP contribution in [-0.2, 0) is 0 Å². The molecule has 100 valence electrons. The minimum Gasteiger partial charge on any atom is -0.381 e. The van der Waals surface area contributed by atoms with Gasteiger partial charge in [-0.3, -0.25) is 0 Å². The Labute approximate surface area is 115 Å². The molecule has 2 heterocycles. The maximum absolute atomic E-state index is 5.87. The van der Waals surface area contributed by atoms with Gasteiger partial charge in [0.25, 0.3) is 0 Å². The van der Waals surface area contributed by atoms with Crippen LogP contribution in [0, 0.1) is 6.92 Å². The average molecular weight is 268 g/mol. The van der Waals surface area contributed by atoms with Crippen molar-refractivity contribution in [2.75, 3.05) is 25.0 Å². The van der Waals surface area contributed by atoms with Crippen LogP contribution in [-0.4, -0.2) is 35.6 Å². The molecule has 0 bridgehead atoms. The minimum absolute atomic E-state index is 0.566. The number of aromatic nitrogens is 1. The minimum atomic E-state index is 0.566. The third-order valence-electron chi connectivity index (χ3n) is 3.54. The van der Waals surface area contributed by atoms with E-state index in [2.05, 4.69) is 22.1 Å². The molecule has 0 atom stereocenters. The molecule has 1 aliphatic rings. The van der Waals surface area contributed by atoms with E-state index in [0.29, 0.717) is 11.2 Å². The molecule has 1 N–H and O–H groups in total. The van der Waals surface area contributed by atoms with Crippen LogP contribution < -0.4 is 5.32 Å². The highest BCUT2D eigenvalue weighted by atomic mass is 35.5. The van der Waals surface area contributed by atoms with E-state index in [-0.39, 0.29) is 0 Å². The van der Waals surface area contributed by atoms with E-state index in [0.717, 1.165) is 11.4 Å². The summed E-state index contributed by atoms with van der Waals surface area (Å²) < 4.78 is 0. The molecule has 18 heavy (non-hydrogen) atoms. The van der Waals surface area contributed by atoms with E-state index < -0.39 is 0 Å². The van der Waals surface area contributed by atoms with Gasteiger partial charge in [-0.25, -0.2) is 4.98 Å². The van der Waals surface area contributed by atoms with Gasteiger partial charge in [-0.15, -0.1) is 0 Å². The predicted octanol–water partition coefficient (Wildman–Crippen LogP) is 3.33. The summed E-state index contributed by atoms with van der Waals surface area (Å²) >= 11 is 5.87. The number of hydrogen-bond donors (Lipinski definition) is 1. The molecule has 1 saturated heterocycles. The van der Waals surface area contributed by atoms with Gasteiger partial charge in [-0.2, -0.15) is 0 Å². The summed E-state index contributed by atoms with van der Waals surface area (Å²) in [5.74, 6) is 0. The topological polar surface area (TPSA) is 28.2 Å². The largest absolute Gasteiger partial charge is 0.381 e. The fourth-order valence-electron chi connectivity index (χ4n) is 2.52. The van der Waals surface area contributed by atoms with Crippen molar-refractivity contribution >= 4 is 17.3 Å². The summed E-state index contributed by atoms with van der Waals surface area (Å²) in [6, 6.07) is 4.45. The van der Waals surface area contributed by atoms with Gasteiger partial charge in [0.15, 0.2) is 0 Å². The van der Waals surface area contributed by atoms with Gasteiger partial charge < -0.3 is 10.2 Å². The molecular formula is C14H22ClN3. The van der Waals surface area contributed by atoms with E-state index in [4.69, 9.17) is 11.6 Å². The lowest BCUT2D eigenvalue weighted by Gasteiger charge is -2.32. The summed E-state index contributed by atoms with van der Waals surface area (Å²) in [5.41, 5.74) is 2.10. The average Bonchev–Trinajstić information content (AvgIpc) is 2.35. The van der Waals surface area contributed by atoms with Crippen LogP contribution in [0.3, 0.4) is 0 Å². The first-order valence-electron chi connectivity index (χ1n) is 6.81. The Bertz CT molecular complexity index is 387. The number of nitrogens with zero attached hydrogens (tertiary/aromatic N) is 2. The number of halogens is 1. The van der Waals surface area contributed by atoms with E-state index in [1.54, 1.807) is 0 Å². The van der Waals surface area contributed by atoms with Gasteiger partial charge >= 0.3 is 0 Å². The van der Waals surface area contributed by atoms with Gasteiger partial charge in [0.2, 0.25) is 0 Å². The number of rotatable bonds is 4. The first kappa shape index (κ1) is 13.6. The highest BCUT2D eigenvalue weighted by Crippen LogP contribution is 2.20. The quantitative estimate of drug-likeness (QED) is 0.849. The number of aryl methyl sites for hydroxylation is 1. The van der Waals surface area contributed by atoms with Crippen molar-refractivity contribution < 1.29 is 0 Å². The maximum Gasteiger partial charge on any atom is 0.129 e. The van der Waals surface area contributed by atoms with Gasteiger partial charge in [0.1, 0.15) is 5.15 Å². The van der Waals surface area contributed by atoms with Crippen molar-refractivity contribution in [2.45, 2.75) is 39.2 Å². The summed E-state index contributed by atoms with van der Waals surface area (Å²) in [4.78, 5) is 6.82. The molecule has 4 heteroatoms. The van der Waals surface area contributed by atoms with Crippen LogP contribution in [0.25, 0.3) is 0 Å². The molecule has 1 aromatic heterocycles. The Morgan fingerprint density at radius 1 is 1.39 bits per heavy atom. The van der Waals surface area contributed by atoms with E-state index in [1.165, 1.54) is 38.9 Å². The van der Waals surface area contributed by atoms with Gasteiger partial charge in [-0.1, -0.05) is 18.5 Å². The third-order valence-corrected chi connectivity index (χ3v) is 3.75. The van der Waals surface area contributed by atoms with Crippen molar-refractivity contribution in [3.63, 3.8) is 0 Å². The van der Waals surface area contributed by atoms with E-state index in [9.17, 15) is 0 Å². The van der Waals surface area contributed by atoms with Crippen molar-refractivity contribution in [3.05, 3.63) is 23.0 Å². The monoisotopic (exact) mass is 267 g/mol. The van der Waals surface area contributed by atoms with Gasteiger partial charge in [-0.05, 0) is 44.9 Å². The first-order valence-corrected chi connectivity index (χ1v) is 7.19. The zero-order chi connectivity index (χ0) is 13.0. The molecule has 2 rings (SSSR count). The van der Waals surface area contributed by atoms with Gasteiger partial charge in [0.05, 0.1) is 11.4 Å². The summed E-state index contributed by atoms with van der Waals surface area (Å²) in [5, 5.41) is 4.16. The second kappa shape index (κ2) is 6.39. The number of likely N-dealkylation sites (tertiary alicyclic amines) is 1. The number of piperidine rings is 1. The molecule has 1 aliphatic heterocycles. The third kappa shape index (κ3) is 3.59. The lowest BCUT2D eigenvalue weighted by molar-refractivity contribution is 0.219. The first-order chi connectivity index (χ1) is 8.69.